The van der Waals surface area contributed by atoms with Crippen LogP contribution in [0.2, 0.25) is 0 Å². The highest BCUT2D eigenvalue weighted by atomic mass is 32.1. The van der Waals surface area contributed by atoms with Crippen molar-refractivity contribution < 1.29 is 0 Å². The van der Waals surface area contributed by atoms with Crippen LogP contribution in [-0.4, -0.2) is 15.9 Å². The van der Waals surface area contributed by atoms with Gasteiger partial charge in [-0.3, -0.25) is 10.9 Å². The number of nitrogens with one attached hydrogen (secondary N) is 2. The molecule has 0 bridgehead atoms. The van der Waals surface area contributed by atoms with Gasteiger partial charge in [-0.1, -0.05) is 18.2 Å². The summed E-state index contributed by atoms with van der Waals surface area (Å²) < 4.78 is 2.31. The van der Waals surface area contributed by atoms with E-state index in [1.165, 1.54) is 23.7 Å². The van der Waals surface area contributed by atoms with Crippen LogP contribution in [0.5, 0.6) is 0 Å². The molecule has 20 heavy (non-hydrogen) atoms. The van der Waals surface area contributed by atoms with E-state index in [0.29, 0.717) is 5.11 Å². The van der Waals surface area contributed by atoms with Crippen molar-refractivity contribution in [3.8, 4) is 0 Å². The average Bonchev–Trinajstić information content (AvgIpc) is 3.22. The van der Waals surface area contributed by atoms with Gasteiger partial charge in [-0.05, 0) is 37.0 Å². The van der Waals surface area contributed by atoms with Gasteiger partial charge in [-0.2, -0.15) is 5.10 Å². The number of thiocarbonyl (C=S) groups is 1. The van der Waals surface area contributed by atoms with E-state index in [2.05, 4.69) is 44.9 Å². The number of para-hydroxylation sites is 1. The predicted octanol–water partition coefficient (Wildman–Crippen LogP) is 1.72. The molecule has 0 spiro atoms. The Morgan fingerprint density at radius 1 is 1.45 bits per heavy atom. The largest absolute Gasteiger partial charge is 0.347 e. The van der Waals surface area contributed by atoms with E-state index in [9.17, 15) is 0 Å². The van der Waals surface area contributed by atoms with Crippen LogP contribution in [0.1, 0.15) is 18.4 Å². The molecule has 5 nitrogen and oxygen atoms in total. The van der Waals surface area contributed by atoms with Crippen LogP contribution >= 0.6 is 12.2 Å². The van der Waals surface area contributed by atoms with Gasteiger partial charge in [0.2, 0.25) is 5.11 Å². The molecular weight excluding hydrogens is 270 g/mol. The van der Waals surface area contributed by atoms with E-state index in [4.69, 9.17) is 18.1 Å². The van der Waals surface area contributed by atoms with Crippen molar-refractivity contribution in [2.45, 2.75) is 19.4 Å². The quantitative estimate of drug-likeness (QED) is 0.347. The molecule has 0 atom stereocenters. The molecule has 1 aliphatic rings. The van der Waals surface area contributed by atoms with Crippen LogP contribution in [0.3, 0.4) is 0 Å². The van der Waals surface area contributed by atoms with Crippen LogP contribution in [0.15, 0.2) is 35.6 Å². The SMILES string of the molecule is NNC(=S)N/N=C/c1cn(CC2CC2)c2ccccc12. The van der Waals surface area contributed by atoms with Crippen molar-refractivity contribution >= 4 is 34.4 Å². The molecular formula is C14H17N5S. The number of fused-ring (bicyclic) bond motifs is 1. The van der Waals surface area contributed by atoms with Gasteiger partial charge in [-0.25, -0.2) is 5.84 Å². The molecule has 3 rings (SSSR count). The first kappa shape index (κ1) is 13.1. The number of rotatable bonds is 4. The summed E-state index contributed by atoms with van der Waals surface area (Å²) in [6.45, 7) is 1.09. The molecule has 0 aliphatic heterocycles. The molecule has 1 aromatic carbocycles. The number of hydrazone groups is 1. The summed E-state index contributed by atoms with van der Waals surface area (Å²) in [6.07, 6.45) is 6.60. The van der Waals surface area contributed by atoms with E-state index in [1.54, 1.807) is 6.21 Å². The van der Waals surface area contributed by atoms with Gasteiger partial charge in [0.1, 0.15) is 0 Å². The minimum atomic E-state index is 0.294. The third kappa shape index (κ3) is 2.81. The summed E-state index contributed by atoms with van der Waals surface area (Å²) >= 11 is 4.87. The smallest absolute Gasteiger partial charge is 0.201 e. The van der Waals surface area contributed by atoms with Crippen molar-refractivity contribution in [1.82, 2.24) is 15.4 Å². The van der Waals surface area contributed by atoms with Gasteiger partial charge >= 0.3 is 0 Å². The fourth-order valence-corrected chi connectivity index (χ4v) is 2.35. The lowest BCUT2D eigenvalue weighted by Gasteiger charge is -2.02. The summed E-state index contributed by atoms with van der Waals surface area (Å²) in [6, 6.07) is 8.37. The zero-order chi connectivity index (χ0) is 13.9. The summed E-state index contributed by atoms with van der Waals surface area (Å²) in [4.78, 5) is 0. The van der Waals surface area contributed by atoms with Crippen LogP contribution in [0, 0.1) is 5.92 Å². The maximum Gasteiger partial charge on any atom is 0.201 e. The normalized spacial score (nSPS) is 14.8. The Kier molecular flexibility index (Phi) is 3.66. The van der Waals surface area contributed by atoms with E-state index < -0.39 is 0 Å². The first-order valence-corrected chi connectivity index (χ1v) is 7.06. The van der Waals surface area contributed by atoms with E-state index in [1.807, 2.05) is 6.07 Å². The molecule has 0 radical (unpaired) electrons. The lowest BCUT2D eigenvalue weighted by Crippen LogP contribution is -2.37. The monoisotopic (exact) mass is 287 g/mol. The second-order valence-electron chi connectivity index (χ2n) is 5.04. The fraction of sp³-hybridized carbons (Fsp3) is 0.286. The van der Waals surface area contributed by atoms with Gasteiger partial charge in [0.05, 0.1) is 6.21 Å². The van der Waals surface area contributed by atoms with Crippen molar-refractivity contribution in [3.63, 3.8) is 0 Å². The molecule has 4 N–H and O–H groups in total. The number of hydrogen-bond acceptors (Lipinski definition) is 3. The zero-order valence-corrected chi connectivity index (χ0v) is 11.9. The molecule has 1 aliphatic carbocycles. The molecule has 1 heterocycles. The Morgan fingerprint density at radius 3 is 3.00 bits per heavy atom. The van der Waals surface area contributed by atoms with Gasteiger partial charge in [0.25, 0.3) is 0 Å². The Bertz CT molecular complexity index is 657. The highest BCUT2D eigenvalue weighted by Crippen LogP contribution is 2.32. The Morgan fingerprint density at radius 2 is 2.25 bits per heavy atom. The van der Waals surface area contributed by atoms with Crippen molar-refractivity contribution in [3.05, 3.63) is 36.0 Å². The maximum atomic E-state index is 5.18. The lowest BCUT2D eigenvalue weighted by atomic mass is 10.2. The van der Waals surface area contributed by atoms with Gasteiger partial charge in [0, 0.05) is 29.2 Å². The average molecular weight is 287 g/mol. The van der Waals surface area contributed by atoms with Crippen LogP contribution < -0.4 is 16.7 Å². The molecule has 0 saturated heterocycles. The minimum Gasteiger partial charge on any atom is -0.347 e. The number of hydrazine groups is 1. The highest BCUT2D eigenvalue weighted by Gasteiger charge is 2.22. The molecule has 0 unspecified atom stereocenters. The van der Waals surface area contributed by atoms with E-state index >= 15 is 0 Å². The summed E-state index contributed by atoms with van der Waals surface area (Å²) in [5.41, 5.74) is 7.32. The maximum absolute atomic E-state index is 5.18. The third-order valence-corrected chi connectivity index (χ3v) is 3.68. The fourth-order valence-electron chi connectivity index (χ4n) is 2.30. The molecule has 104 valence electrons. The van der Waals surface area contributed by atoms with Gasteiger partial charge < -0.3 is 4.57 Å². The topological polar surface area (TPSA) is 67.4 Å². The Balaban J connectivity index is 1.87. The molecule has 6 heteroatoms. The Hall–Kier alpha value is -1.92. The number of nitrogens with two attached hydrogens (primary N) is 1. The predicted molar refractivity (Wildman–Crippen MR) is 85.3 cm³/mol. The number of aromatic nitrogens is 1. The molecule has 1 aromatic heterocycles. The van der Waals surface area contributed by atoms with Crippen LogP contribution in [0.4, 0.5) is 0 Å². The highest BCUT2D eigenvalue weighted by molar-refractivity contribution is 7.80. The summed E-state index contributed by atoms with van der Waals surface area (Å²) in [7, 11) is 0. The summed E-state index contributed by atoms with van der Waals surface area (Å²) in [5.74, 6) is 6.01. The van der Waals surface area contributed by atoms with Crippen LogP contribution in [0.25, 0.3) is 10.9 Å². The Labute approximate surface area is 122 Å². The van der Waals surface area contributed by atoms with E-state index in [-0.39, 0.29) is 0 Å². The second-order valence-corrected chi connectivity index (χ2v) is 5.45. The van der Waals surface area contributed by atoms with Crippen molar-refractivity contribution in [1.29, 1.82) is 0 Å². The number of hydrogen-bond donors (Lipinski definition) is 3. The second kappa shape index (κ2) is 5.60. The molecule has 1 fully saturated rings. The first-order valence-electron chi connectivity index (χ1n) is 6.65. The van der Waals surface area contributed by atoms with Crippen molar-refractivity contribution in [2.75, 3.05) is 0 Å². The molecule has 2 aromatic rings. The lowest BCUT2D eigenvalue weighted by molar-refractivity contribution is 0.647. The standard InChI is InChI=1S/C14H17N5S/c15-17-14(20)18-16-7-11-9-19(8-10-5-6-10)13-4-2-1-3-12(11)13/h1-4,7,9-10H,5-6,8,15H2,(H2,17,18,20)/b16-7+. The first-order chi connectivity index (χ1) is 9.78. The minimum absolute atomic E-state index is 0.294. The van der Waals surface area contributed by atoms with E-state index in [0.717, 1.165) is 18.0 Å². The van der Waals surface area contributed by atoms with Crippen LogP contribution in [-0.2, 0) is 6.54 Å². The summed E-state index contributed by atoms with van der Waals surface area (Å²) in [5, 5.41) is 5.59. The zero-order valence-electron chi connectivity index (χ0n) is 11.0. The number of nitrogens with zero attached hydrogens (tertiary/aromatic N) is 2. The third-order valence-electron chi connectivity index (χ3n) is 3.47. The molecule has 1 saturated carbocycles. The number of benzene rings is 1. The van der Waals surface area contributed by atoms with Gasteiger partial charge in [-0.15, -0.1) is 0 Å². The van der Waals surface area contributed by atoms with Gasteiger partial charge in [0.15, 0.2) is 0 Å². The van der Waals surface area contributed by atoms with Crippen molar-refractivity contribution in [2.24, 2.45) is 16.9 Å². The molecule has 0 amide bonds.